The number of nitrogens with zero attached hydrogens (tertiary/aromatic N) is 1. The van der Waals surface area contributed by atoms with Gasteiger partial charge in [0.15, 0.2) is 6.67 Å². The molecule has 2 aliphatic rings. The summed E-state index contributed by atoms with van der Waals surface area (Å²) in [4.78, 5) is 27.3. The average molecular weight is 273 g/mol. The third-order valence-corrected chi connectivity index (χ3v) is 4.49. The summed E-state index contributed by atoms with van der Waals surface area (Å²) in [5, 5.41) is 0. The summed E-state index contributed by atoms with van der Waals surface area (Å²) >= 11 is 0. The fraction of sp³-hybridized carbons (Fsp3) is 0.500. The van der Waals surface area contributed by atoms with Crippen LogP contribution in [0.25, 0.3) is 0 Å². The summed E-state index contributed by atoms with van der Waals surface area (Å²) < 4.78 is 0. The van der Waals surface area contributed by atoms with Crippen LogP contribution < -0.4 is 9.80 Å². The van der Waals surface area contributed by atoms with Crippen molar-refractivity contribution in [2.24, 2.45) is 5.92 Å². The van der Waals surface area contributed by atoms with E-state index >= 15 is 0 Å². The van der Waals surface area contributed by atoms with Gasteiger partial charge in [0.25, 0.3) is 5.78 Å². The number of likely N-dealkylation sites (tertiary alicyclic amines) is 1. The van der Waals surface area contributed by atoms with Gasteiger partial charge in [-0.05, 0) is 37.8 Å². The molecule has 2 aliphatic heterocycles. The molecule has 0 unspecified atom stereocenters. The van der Waals surface area contributed by atoms with E-state index in [-0.39, 0.29) is 11.7 Å². The monoisotopic (exact) mass is 273 g/mol. The second-order valence-corrected chi connectivity index (χ2v) is 6.17. The van der Waals surface area contributed by atoms with Crippen molar-refractivity contribution in [1.82, 2.24) is 0 Å². The van der Waals surface area contributed by atoms with E-state index in [0.717, 1.165) is 30.3 Å². The van der Waals surface area contributed by atoms with Crippen molar-refractivity contribution >= 4 is 17.4 Å². The van der Waals surface area contributed by atoms with Crippen molar-refractivity contribution in [3.8, 4) is 0 Å². The minimum absolute atomic E-state index is 0.353. The van der Waals surface area contributed by atoms with Crippen LogP contribution in [-0.4, -0.2) is 31.4 Å². The lowest BCUT2D eigenvalue weighted by molar-refractivity contribution is -0.904. The number of amides is 1. The second kappa shape index (κ2) is 5.02. The van der Waals surface area contributed by atoms with Crippen LogP contribution in [-0.2, 0) is 4.79 Å². The number of Topliss-reactive ketones (excluding diaryl/α,β-unsaturated/α-hetero) is 1. The highest BCUT2D eigenvalue weighted by atomic mass is 16.2. The number of quaternary nitrogens is 1. The quantitative estimate of drug-likeness (QED) is 0.810. The minimum atomic E-state index is -0.364. The topological polar surface area (TPSA) is 41.8 Å². The van der Waals surface area contributed by atoms with Gasteiger partial charge in [0.2, 0.25) is 0 Å². The molecule has 1 fully saturated rings. The first-order chi connectivity index (χ1) is 9.56. The number of hydrogen-bond donors (Lipinski definition) is 1. The average Bonchev–Trinajstić information content (AvgIpc) is 2.66. The number of aryl methyl sites for hydroxylation is 1. The van der Waals surface area contributed by atoms with Crippen LogP contribution in [0.1, 0.15) is 35.7 Å². The van der Waals surface area contributed by atoms with Gasteiger partial charge in [-0.15, -0.1) is 0 Å². The van der Waals surface area contributed by atoms with E-state index in [2.05, 4.69) is 6.92 Å². The Balaban J connectivity index is 1.81. The Kier molecular flexibility index (Phi) is 3.34. The van der Waals surface area contributed by atoms with Gasteiger partial charge in [-0.2, -0.15) is 0 Å². The van der Waals surface area contributed by atoms with Crippen LogP contribution in [0.5, 0.6) is 0 Å². The zero-order valence-electron chi connectivity index (χ0n) is 12.1. The third-order valence-electron chi connectivity index (χ3n) is 4.49. The SMILES string of the molecule is Cc1ccc2c(c1)C(=O)C(=O)N2C[NH+]1CCC(C)CC1. The molecule has 0 radical (unpaired) electrons. The van der Waals surface area contributed by atoms with E-state index in [1.165, 1.54) is 17.7 Å². The van der Waals surface area contributed by atoms with Gasteiger partial charge in [-0.1, -0.05) is 18.6 Å². The number of nitrogens with one attached hydrogen (secondary N) is 1. The van der Waals surface area contributed by atoms with Gasteiger partial charge in [-0.25, -0.2) is 0 Å². The van der Waals surface area contributed by atoms with Crippen LogP contribution in [0.15, 0.2) is 18.2 Å². The highest BCUT2D eigenvalue weighted by Gasteiger charge is 2.38. The number of carbonyl (C=O) groups excluding carboxylic acids is 2. The summed E-state index contributed by atoms with van der Waals surface area (Å²) in [6.07, 6.45) is 2.40. The fourth-order valence-electron chi connectivity index (χ4n) is 3.12. The Morgan fingerprint density at radius 3 is 2.65 bits per heavy atom. The Labute approximate surface area is 119 Å². The van der Waals surface area contributed by atoms with Crippen LogP contribution in [0.3, 0.4) is 0 Å². The first kappa shape index (κ1) is 13.3. The standard InChI is InChI=1S/C16H20N2O2/c1-11-5-7-17(8-6-11)10-18-14-4-3-12(2)9-13(14)15(19)16(18)20/h3-4,9,11H,5-8,10H2,1-2H3/p+1. The predicted molar refractivity (Wildman–Crippen MR) is 77.0 cm³/mol. The molecule has 4 nitrogen and oxygen atoms in total. The summed E-state index contributed by atoms with van der Waals surface area (Å²) in [6.45, 7) is 7.01. The van der Waals surface area contributed by atoms with Crippen molar-refractivity contribution in [3.05, 3.63) is 29.3 Å². The Bertz CT molecular complexity index is 560. The number of piperidine rings is 1. The Morgan fingerprint density at radius 1 is 1.25 bits per heavy atom. The summed E-state index contributed by atoms with van der Waals surface area (Å²) in [6, 6.07) is 5.69. The van der Waals surface area contributed by atoms with Crippen LogP contribution in [0, 0.1) is 12.8 Å². The van der Waals surface area contributed by atoms with Crippen molar-refractivity contribution < 1.29 is 14.5 Å². The molecule has 1 aromatic rings. The number of hydrogen-bond acceptors (Lipinski definition) is 2. The lowest BCUT2D eigenvalue weighted by atomic mass is 10.00. The minimum Gasteiger partial charge on any atom is -0.317 e. The van der Waals surface area contributed by atoms with Gasteiger partial charge in [-0.3, -0.25) is 14.5 Å². The molecule has 0 atom stereocenters. The largest absolute Gasteiger partial charge is 0.317 e. The highest BCUT2D eigenvalue weighted by molar-refractivity contribution is 6.52. The van der Waals surface area contributed by atoms with E-state index < -0.39 is 0 Å². The van der Waals surface area contributed by atoms with Gasteiger partial charge in [0.1, 0.15) is 0 Å². The molecule has 0 saturated carbocycles. The smallest absolute Gasteiger partial charge is 0.303 e. The fourth-order valence-corrected chi connectivity index (χ4v) is 3.12. The molecule has 4 heteroatoms. The molecule has 0 bridgehead atoms. The summed E-state index contributed by atoms with van der Waals surface area (Å²) in [5.41, 5.74) is 2.38. The molecule has 2 heterocycles. The molecular weight excluding hydrogens is 252 g/mol. The third kappa shape index (κ3) is 2.24. The number of rotatable bonds is 2. The zero-order valence-corrected chi connectivity index (χ0v) is 12.1. The summed E-state index contributed by atoms with van der Waals surface area (Å²) in [5.74, 6) is 0.0646. The van der Waals surface area contributed by atoms with Gasteiger partial charge in [0, 0.05) is 0 Å². The lowest BCUT2D eigenvalue weighted by Crippen LogP contribution is -3.14. The number of carbonyl (C=O) groups is 2. The van der Waals surface area contributed by atoms with Crippen LogP contribution in [0.4, 0.5) is 5.69 Å². The molecule has 1 aromatic carbocycles. The molecule has 20 heavy (non-hydrogen) atoms. The molecule has 1 saturated heterocycles. The number of anilines is 1. The zero-order chi connectivity index (χ0) is 14.3. The molecule has 0 aromatic heterocycles. The van der Waals surface area contributed by atoms with Crippen molar-refractivity contribution in [1.29, 1.82) is 0 Å². The maximum Gasteiger partial charge on any atom is 0.303 e. The van der Waals surface area contributed by atoms with Crippen LogP contribution >= 0.6 is 0 Å². The molecule has 0 aliphatic carbocycles. The van der Waals surface area contributed by atoms with Crippen molar-refractivity contribution in [2.75, 3.05) is 24.7 Å². The maximum atomic E-state index is 12.2. The molecule has 1 N–H and O–H groups in total. The van der Waals surface area contributed by atoms with Gasteiger partial charge < -0.3 is 4.90 Å². The molecular formula is C16H21N2O2+. The summed E-state index contributed by atoms with van der Waals surface area (Å²) in [7, 11) is 0. The predicted octanol–water partition coefficient (Wildman–Crippen LogP) is 0.797. The Hall–Kier alpha value is -1.68. The van der Waals surface area contributed by atoms with Gasteiger partial charge in [0.05, 0.1) is 24.3 Å². The molecule has 3 rings (SSSR count). The second-order valence-electron chi connectivity index (χ2n) is 6.17. The molecule has 0 spiro atoms. The van der Waals surface area contributed by atoms with Gasteiger partial charge >= 0.3 is 5.91 Å². The van der Waals surface area contributed by atoms with Crippen molar-refractivity contribution in [2.45, 2.75) is 26.7 Å². The van der Waals surface area contributed by atoms with E-state index in [1.54, 1.807) is 4.90 Å². The first-order valence-electron chi connectivity index (χ1n) is 7.36. The lowest BCUT2D eigenvalue weighted by Gasteiger charge is -2.30. The van der Waals surface area contributed by atoms with Crippen molar-refractivity contribution in [3.63, 3.8) is 0 Å². The normalized spacial score (nSPS) is 26.0. The number of ketones is 1. The van der Waals surface area contributed by atoms with E-state index in [0.29, 0.717) is 12.2 Å². The highest BCUT2D eigenvalue weighted by Crippen LogP contribution is 2.28. The molecule has 1 amide bonds. The number of benzene rings is 1. The number of fused-ring (bicyclic) bond motifs is 1. The van der Waals surface area contributed by atoms with E-state index in [4.69, 9.17) is 0 Å². The van der Waals surface area contributed by atoms with E-state index in [1.807, 2.05) is 25.1 Å². The van der Waals surface area contributed by atoms with E-state index in [9.17, 15) is 9.59 Å². The Morgan fingerprint density at radius 2 is 1.95 bits per heavy atom. The van der Waals surface area contributed by atoms with Crippen LogP contribution in [0.2, 0.25) is 0 Å². The first-order valence-corrected chi connectivity index (χ1v) is 7.36. The maximum absolute atomic E-state index is 12.2. The molecule has 106 valence electrons.